The normalized spacial score (nSPS) is 12.7. The molecule has 0 radical (unpaired) electrons. The first-order chi connectivity index (χ1) is 12.9. The van der Waals surface area contributed by atoms with Gasteiger partial charge in [-0.15, -0.1) is 0 Å². The minimum absolute atomic E-state index is 0.0201. The fourth-order valence-electron chi connectivity index (χ4n) is 3.59. The Labute approximate surface area is 168 Å². The third kappa shape index (κ3) is 12.7. The summed E-state index contributed by atoms with van der Waals surface area (Å²) < 4.78 is 5.63. The van der Waals surface area contributed by atoms with E-state index < -0.39 is 0 Å². The highest BCUT2D eigenvalue weighted by Crippen LogP contribution is 2.29. The van der Waals surface area contributed by atoms with Crippen molar-refractivity contribution >= 4 is 5.97 Å². The molecule has 0 aliphatic rings. The molecule has 1 atom stereocenters. The minimum atomic E-state index is -0.0201. The molecular formula is C25H42O2. The molecule has 154 valence electrons. The second-order valence-corrected chi connectivity index (χ2v) is 9.17. The average molecular weight is 375 g/mol. The highest BCUT2D eigenvalue weighted by molar-refractivity contribution is 5.72. The first-order valence-corrected chi connectivity index (χ1v) is 11.1. The molecule has 0 amide bonds. The lowest BCUT2D eigenvalue weighted by Gasteiger charge is -2.25. The summed E-state index contributed by atoms with van der Waals surface area (Å²) in [6, 6.07) is 9.97. The van der Waals surface area contributed by atoms with E-state index >= 15 is 0 Å². The van der Waals surface area contributed by atoms with Crippen molar-refractivity contribution in [2.24, 2.45) is 11.3 Å². The molecule has 0 fully saturated rings. The van der Waals surface area contributed by atoms with Gasteiger partial charge in [-0.25, -0.2) is 0 Å². The van der Waals surface area contributed by atoms with Gasteiger partial charge in [-0.05, 0) is 23.8 Å². The summed E-state index contributed by atoms with van der Waals surface area (Å²) in [5.41, 5.74) is 1.21. The molecule has 0 aliphatic heterocycles. The van der Waals surface area contributed by atoms with E-state index in [0.717, 1.165) is 24.8 Å². The van der Waals surface area contributed by atoms with Crippen molar-refractivity contribution in [2.75, 3.05) is 0 Å². The number of rotatable bonds is 14. The van der Waals surface area contributed by atoms with Crippen LogP contribution < -0.4 is 0 Å². The van der Waals surface area contributed by atoms with Crippen LogP contribution in [0.4, 0.5) is 0 Å². The van der Waals surface area contributed by atoms with Gasteiger partial charge in [0.2, 0.25) is 0 Å². The van der Waals surface area contributed by atoms with Crippen LogP contribution in [0.3, 0.4) is 0 Å². The van der Waals surface area contributed by atoms with E-state index in [-0.39, 0.29) is 17.3 Å². The number of unbranched alkanes of at least 4 members (excludes halogenated alkanes) is 8. The van der Waals surface area contributed by atoms with Gasteiger partial charge >= 0.3 is 5.97 Å². The van der Waals surface area contributed by atoms with Gasteiger partial charge in [0, 0.05) is 0 Å². The summed E-state index contributed by atoms with van der Waals surface area (Å²) in [4.78, 5) is 12.6. The number of hydrogen-bond donors (Lipinski definition) is 0. The van der Waals surface area contributed by atoms with Crippen molar-refractivity contribution in [1.82, 2.24) is 0 Å². The molecule has 2 heteroatoms. The molecule has 1 aromatic rings. The van der Waals surface area contributed by atoms with Crippen molar-refractivity contribution < 1.29 is 9.53 Å². The van der Waals surface area contributed by atoms with Crippen molar-refractivity contribution in [3.63, 3.8) is 0 Å². The van der Waals surface area contributed by atoms with E-state index in [9.17, 15) is 4.79 Å². The van der Waals surface area contributed by atoms with Crippen molar-refractivity contribution in [3.8, 4) is 0 Å². The van der Waals surface area contributed by atoms with Crippen LogP contribution in [0.2, 0.25) is 0 Å². The maximum absolute atomic E-state index is 12.6. The highest BCUT2D eigenvalue weighted by atomic mass is 16.5. The zero-order chi connectivity index (χ0) is 20.0. The van der Waals surface area contributed by atoms with E-state index in [1.807, 2.05) is 30.3 Å². The molecule has 0 saturated carbocycles. The van der Waals surface area contributed by atoms with Crippen LogP contribution in [-0.4, -0.2) is 5.97 Å². The predicted molar refractivity (Wildman–Crippen MR) is 116 cm³/mol. The molecule has 2 nitrogen and oxygen atoms in total. The number of carbonyl (C=O) groups excluding carboxylic acids is 1. The zero-order valence-corrected chi connectivity index (χ0v) is 18.3. The predicted octanol–water partition coefficient (Wildman–Crippen LogP) is 7.70. The van der Waals surface area contributed by atoms with Crippen molar-refractivity contribution in [3.05, 3.63) is 35.9 Å². The zero-order valence-electron chi connectivity index (χ0n) is 18.3. The van der Waals surface area contributed by atoms with Gasteiger partial charge in [0.15, 0.2) is 0 Å². The summed E-state index contributed by atoms with van der Waals surface area (Å²) in [7, 11) is 0. The number of ether oxygens (including phenoxy) is 1. The molecule has 0 heterocycles. The Bertz CT molecular complexity index is 487. The van der Waals surface area contributed by atoms with Crippen LogP contribution in [-0.2, 0) is 16.1 Å². The van der Waals surface area contributed by atoms with E-state index in [1.54, 1.807) is 0 Å². The third-order valence-corrected chi connectivity index (χ3v) is 5.07. The monoisotopic (exact) mass is 374 g/mol. The Balaban J connectivity index is 2.30. The molecule has 1 unspecified atom stereocenters. The smallest absolute Gasteiger partial charge is 0.309 e. The van der Waals surface area contributed by atoms with E-state index in [0.29, 0.717) is 6.61 Å². The average Bonchev–Trinajstić information content (AvgIpc) is 2.63. The molecule has 0 saturated heterocycles. The molecule has 1 aromatic carbocycles. The van der Waals surface area contributed by atoms with Crippen LogP contribution in [0.1, 0.15) is 104 Å². The topological polar surface area (TPSA) is 26.3 Å². The number of benzene rings is 1. The van der Waals surface area contributed by atoms with Gasteiger partial charge < -0.3 is 4.74 Å². The minimum Gasteiger partial charge on any atom is -0.461 e. The van der Waals surface area contributed by atoms with Gasteiger partial charge in [0.05, 0.1) is 5.92 Å². The van der Waals surface area contributed by atoms with E-state index in [4.69, 9.17) is 4.74 Å². The van der Waals surface area contributed by atoms with Crippen molar-refractivity contribution in [1.29, 1.82) is 0 Å². The van der Waals surface area contributed by atoms with E-state index in [2.05, 4.69) is 27.7 Å². The standard InChI is InChI=1S/C25H42O2/c1-5-6-7-8-9-10-11-12-16-19-23(20-25(2,3)4)24(26)27-21-22-17-14-13-15-18-22/h13-15,17-18,23H,5-12,16,19-21H2,1-4H3. The SMILES string of the molecule is CCCCCCCCCCCC(CC(C)(C)C)C(=O)OCc1ccccc1. The number of hydrogen-bond acceptors (Lipinski definition) is 2. The summed E-state index contributed by atoms with van der Waals surface area (Å²) in [6.45, 7) is 9.28. The lowest BCUT2D eigenvalue weighted by Crippen LogP contribution is -2.23. The van der Waals surface area contributed by atoms with Crippen LogP contribution in [0.25, 0.3) is 0 Å². The van der Waals surface area contributed by atoms with Crippen LogP contribution >= 0.6 is 0 Å². The second kappa shape index (κ2) is 13.8. The Hall–Kier alpha value is -1.31. The lowest BCUT2D eigenvalue weighted by molar-refractivity contribution is -0.151. The molecule has 0 spiro atoms. The molecule has 0 aliphatic carbocycles. The molecule has 27 heavy (non-hydrogen) atoms. The second-order valence-electron chi connectivity index (χ2n) is 9.17. The maximum Gasteiger partial charge on any atom is 0.309 e. The molecule has 0 aromatic heterocycles. The van der Waals surface area contributed by atoms with Crippen LogP contribution in [0, 0.1) is 11.3 Å². The number of esters is 1. The summed E-state index contributed by atoms with van der Waals surface area (Å²) in [5, 5.41) is 0. The maximum atomic E-state index is 12.6. The largest absolute Gasteiger partial charge is 0.461 e. The van der Waals surface area contributed by atoms with Gasteiger partial charge in [0.1, 0.15) is 6.61 Å². The van der Waals surface area contributed by atoms with Gasteiger partial charge in [-0.1, -0.05) is 116 Å². The lowest BCUT2D eigenvalue weighted by atomic mass is 9.82. The Morgan fingerprint density at radius 2 is 1.44 bits per heavy atom. The first-order valence-electron chi connectivity index (χ1n) is 11.1. The summed E-state index contributed by atoms with van der Waals surface area (Å²) in [6.07, 6.45) is 13.7. The fourth-order valence-corrected chi connectivity index (χ4v) is 3.59. The molecular weight excluding hydrogens is 332 g/mol. The molecule has 1 rings (SSSR count). The Morgan fingerprint density at radius 1 is 0.889 bits per heavy atom. The third-order valence-electron chi connectivity index (χ3n) is 5.07. The Kier molecular flexibility index (Phi) is 12.1. The molecule has 0 bridgehead atoms. The van der Waals surface area contributed by atoms with Crippen molar-refractivity contribution in [2.45, 2.75) is 105 Å². The van der Waals surface area contributed by atoms with Crippen LogP contribution in [0.15, 0.2) is 30.3 Å². The van der Waals surface area contributed by atoms with Gasteiger partial charge in [0.25, 0.3) is 0 Å². The fraction of sp³-hybridized carbons (Fsp3) is 0.720. The summed E-state index contributed by atoms with van der Waals surface area (Å²) >= 11 is 0. The van der Waals surface area contributed by atoms with Crippen LogP contribution in [0.5, 0.6) is 0 Å². The summed E-state index contributed by atoms with van der Waals surface area (Å²) in [5.74, 6) is 0.00612. The quantitative estimate of drug-likeness (QED) is 0.246. The first kappa shape index (κ1) is 23.7. The van der Waals surface area contributed by atoms with Gasteiger partial charge in [-0.2, -0.15) is 0 Å². The van der Waals surface area contributed by atoms with Gasteiger partial charge in [-0.3, -0.25) is 4.79 Å². The molecule has 0 N–H and O–H groups in total. The Morgan fingerprint density at radius 3 is 2.00 bits per heavy atom. The highest BCUT2D eigenvalue weighted by Gasteiger charge is 2.25. The number of carbonyl (C=O) groups is 1. The van der Waals surface area contributed by atoms with E-state index in [1.165, 1.54) is 51.4 Å².